The van der Waals surface area contributed by atoms with Crippen molar-refractivity contribution in [2.45, 2.75) is 52.1 Å². The second-order valence-electron chi connectivity index (χ2n) is 6.73. The molecule has 1 aliphatic rings. The molecule has 2 amide bonds. The minimum absolute atomic E-state index is 0.0105. The molecule has 1 saturated heterocycles. The fraction of sp³-hybridized carbons (Fsp3) is 0.706. The van der Waals surface area contributed by atoms with Crippen LogP contribution in [-0.4, -0.2) is 51.9 Å². The van der Waals surface area contributed by atoms with Crippen LogP contribution in [0.2, 0.25) is 0 Å². The highest BCUT2D eigenvalue weighted by Gasteiger charge is 2.26. The number of likely N-dealkylation sites (tertiary alicyclic amines) is 1. The molecular weight excluding hydrogens is 306 g/mol. The van der Waals surface area contributed by atoms with Crippen molar-refractivity contribution in [3.63, 3.8) is 0 Å². The van der Waals surface area contributed by atoms with Gasteiger partial charge in [0.05, 0.1) is 18.6 Å². The zero-order chi connectivity index (χ0) is 17.7. The number of nitrogens with two attached hydrogens (primary N) is 1. The number of rotatable bonds is 6. The molecule has 134 valence electrons. The van der Waals surface area contributed by atoms with Crippen LogP contribution in [0, 0.1) is 5.92 Å². The van der Waals surface area contributed by atoms with Gasteiger partial charge in [-0.3, -0.25) is 9.59 Å². The van der Waals surface area contributed by atoms with Crippen molar-refractivity contribution < 1.29 is 9.59 Å². The van der Waals surface area contributed by atoms with Crippen LogP contribution in [-0.2, 0) is 16.0 Å². The molecule has 2 heterocycles. The first kappa shape index (κ1) is 18.4. The first-order chi connectivity index (χ1) is 11.4. The number of carbonyl (C=O) groups is 2. The summed E-state index contributed by atoms with van der Waals surface area (Å²) >= 11 is 0. The van der Waals surface area contributed by atoms with E-state index in [0.29, 0.717) is 6.54 Å². The molecule has 0 aliphatic carbocycles. The Morgan fingerprint density at radius 2 is 2.21 bits per heavy atom. The zero-order valence-corrected chi connectivity index (χ0v) is 14.9. The van der Waals surface area contributed by atoms with Gasteiger partial charge in [-0.2, -0.15) is 0 Å². The van der Waals surface area contributed by atoms with Gasteiger partial charge < -0.3 is 20.5 Å². The Bertz CT molecular complexity index is 569. The molecule has 3 N–H and O–H groups in total. The quantitative estimate of drug-likeness (QED) is 0.800. The summed E-state index contributed by atoms with van der Waals surface area (Å²) in [7, 11) is 0. The lowest BCUT2D eigenvalue weighted by Crippen LogP contribution is -2.49. The second kappa shape index (κ2) is 8.28. The van der Waals surface area contributed by atoms with E-state index in [1.54, 1.807) is 0 Å². The summed E-state index contributed by atoms with van der Waals surface area (Å²) in [6.07, 6.45) is 6.67. The fourth-order valence-electron chi connectivity index (χ4n) is 3.05. The van der Waals surface area contributed by atoms with Crippen LogP contribution in [0.3, 0.4) is 0 Å². The molecular formula is C17H29N5O2. The Kier molecular flexibility index (Phi) is 6.36. The third-order valence-corrected chi connectivity index (χ3v) is 4.64. The van der Waals surface area contributed by atoms with Crippen LogP contribution < -0.4 is 11.1 Å². The van der Waals surface area contributed by atoms with Gasteiger partial charge in [-0.05, 0) is 18.8 Å². The van der Waals surface area contributed by atoms with Crippen LogP contribution in [0.25, 0.3) is 0 Å². The van der Waals surface area contributed by atoms with Crippen molar-refractivity contribution in [1.82, 2.24) is 19.8 Å². The maximum atomic E-state index is 12.4. The molecule has 1 aliphatic heterocycles. The second-order valence-corrected chi connectivity index (χ2v) is 6.73. The number of nitrogens with zero attached hydrogens (tertiary/aromatic N) is 3. The number of aromatic nitrogens is 2. The molecule has 2 atom stereocenters. The minimum Gasteiger partial charge on any atom is -0.346 e. The normalized spacial score (nSPS) is 19.4. The van der Waals surface area contributed by atoms with Gasteiger partial charge in [0.1, 0.15) is 5.82 Å². The van der Waals surface area contributed by atoms with E-state index in [0.717, 1.165) is 31.6 Å². The summed E-state index contributed by atoms with van der Waals surface area (Å²) in [5.41, 5.74) is 5.80. The van der Waals surface area contributed by atoms with Crippen LogP contribution in [0.1, 0.15) is 45.5 Å². The Morgan fingerprint density at radius 1 is 1.46 bits per heavy atom. The molecule has 7 heteroatoms. The lowest BCUT2D eigenvalue weighted by Gasteiger charge is -2.34. The highest BCUT2D eigenvalue weighted by molar-refractivity contribution is 5.87. The smallest absolute Gasteiger partial charge is 0.242 e. The van der Waals surface area contributed by atoms with Crippen LogP contribution in [0.5, 0.6) is 0 Å². The summed E-state index contributed by atoms with van der Waals surface area (Å²) in [5, 5.41) is 2.66. The summed E-state index contributed by atoms with van der Waals surface area (Å²) < 4.78 is 2.17. The maximum absolute atomic E-state index is 12.4. The zero-order valence-electron chi connectivity index (χ0n) is 14.9. The van der Waals surface area contributed by atoms with Crippen molar-refractivity contribution in [3.8, 4) is 0 Å². The van der Waals surface area contributed by atoms with Gasteiger partial charge in [-0.25, -0.2) is 4.98 Å². The van der Waals surface area contributed by atoms with E-state index in [-0.39, 0.29) is 30.3 Å². The Labute approximate surface area is 143 Å². The third-order valence-electron chi connectivity index (χ3n) is 4.64. The molecule has 0 aromatic carbocycles. The monoisotopic (exact) mass is 335 g/mol. The molecule has 1 aromatic heterocycles. The molecule has 24 heavy (non-hydrogen) atoms. The molecule has 0 saturated carbocycles. The summed E-state index contributed by atoms with van der Waals surface area (Å²) in [4.78, 5) is 30.5. The summed E-state index contributed by atoms with van der Waals surface area (Å²) in [6, 6.07) is -0.321. The maximum Gasteiger partial charge on any atom is 0.242 e. The number of nitrogens with one attached hydrogen (secondary N) is 1. The van der Waals surface area contributed by atoms with Gasteiger partial charge in [0.2, 0.25) is 11.8 Å². The summed E-state index contributed by atoms with van der Waals surface area (Å²) in [5.74, 6) is 0.774. The summed E-state index contributed by atoms with van der Waals surface area (Å²) in [6.45, 7) is 7.26. The third kappa shape index (κ3) is 4.35. The number of carbonyl (C=O) groups excluding carboxylic acids is 2. The van der Waals surface area contributed by atoms with E-state index in [4.69, 9.17) is 5.73 Å². The predicted octanol–water partition coefficient (Wildman–Crippen LogP) is 0.709. The lowest BCUT2D eigenvalue weighted by molar-refractivity contribution is -0.134. The van der Waals surface area contributed by atoms with E-state index >= 15 is 0 Å². The van der Waals surface area contributed by atoms with Gasteiger partial charge >= 0.3 is 0 Å². The van der Waals surface area contributed by atoms with Gasteiger partial charge in [-0.1, -0.05) is 20.8 Å². The number of hydrogen-bond donors (Lipinski definition) is 2. The average molecular weight is 335 g/mol. The lowest BCUT2D eigenvalue weighted by atomic mass is 10.0. The Balaban J connectivity index is 1.90. The first-order valence-corrected chi connectivity index (χ1v) is 8.76. The molecule has 0 radical (unpaired) electrons. The number of piperidine rings is 1. The van der Waals surface area contributed by atoms with Gasteiger partial charge in [-0.15, -0.1) is 0 Å². The molecule has 1 unspecified atom stereocenters. The van der Waals surface area contributed by atoms with Gasteiger partial charge in [0, 0.05) is 31.9 Å². The minimum atomic E-state index is -0.579. The molecule has 2 rings (SSSR count). The van der Waals surface area contributed by atoms with Crippen molar-refractivity contribution >= 4 is 11.8 Å². The number of amides is 2. The number of imidazole rings is 1. The van der Waals surface area contributed by atoms with Crippen LogP contribution in [0.4, 0.5) is 0 Å². The van der Waals surface area contributed by atoms with E-state index < -0.39 is 6.04 Å². The molecule has 1 aromatic rings. The predicted molar refractivity (Wildman–Crippen MR) is 92.3 cm³/mol. The molecule has 7 nitrogen and oxygen atoms in total. The number of hydrogen-bond acceptors (Lipinski definition) is 4. The Morgan fingerprint density at radius 3 is 2.88 bits per heavy atom. The fourth-order valence-corrected chi connectivity index (χ4v) is 3.05. The molecule has 1 fully saturated rings. The molecule has 0 bridgehead atoms. The topological polar surface area (TPSA) is 93.2 Å². The van der Waals surface area contributed by atoms with Crippen molar-refractivity contribution in [1.29, 1.82) is 0 Å². The highest BCUT2D eigenvalue weighted by atomic mass is 16.2. The van der Waals surface area contributed by atoms with E-state index in [1.165, 1.54) is 0 Å². The van der Waals surface area contributed by atoms with Crippen LogP contribution in [0.15, 0.2) is 12.4 Å². The van der Waals surface area contributed by atoms with Crippen molar-refractivity contribution in [2.75, 3.05) is 19.6 Å². The first-order valence-electron chi connectivity index (χ1n) is 8.76. The van der Waals surface area contributed by atoms with Gasteiger partial charge in [0.15, 0.2) is 0 Å². The van der Waals surface area contributed by atoms with Crippen LogP contribution >= 0.6 is 0 Å². The highest BCUT2D eigenvalue weighted by Crippen LogP contribution is 2.23. The van der Waals surface area contributed by atoms with Gasteiger partial charge in [0.25, 0.3) is 0 Å². The molecule has 0 spiro atoms. The van der Waals surface area contributed by atoms with E-state index in [9.17, 15) is 9.59 Å². The largest absolute Gasteiger partial charge is 0.346 e. The number of aryl methyl sites for hydroxylation is 1. The van der Waals surface area contributed by atoms with E-state index in [1.807, 2.05) is 31.1 Å². The average Bonchev–Trinajstić information content (AvgIpc) is 3.07. The SMILES string of the molecule is CCc1nccn1C1CCCN(C(=O)CNC(=O)[C@@H](N)C(C)C)C1. The Hall–Kier alpha value is -1.89. The van der Waals surface area contributed by atoms with Crippen molar-refractivity contribution in [3.05, 3.63) is 18.2 Å². The standard InChI is InChI=1S/C17H29N5O2/c1-4-14-19-7-9-22(14)13-6-5-8-21(11-13)15(23)10-20-17(24)16(18)12(2)3/h7,9,12-13,16H,4-6,8,10-11,18H2,1-3H3,(H,20,24)/t13?,16-/m0/s1. The van der Waals surface area contributed by atoms with Crippen molar-refractivity contribution in [2.24, 2.45) is 11.7 Å². The van der Waals surface area contributed by atoms with E-state index in [2.05, 4.69) is 21.8 Å².